The lowest BCUT2D eigenvalue weighted by Crippen LogP contribution is -2.16. The van der Waals surface area contributed by atoms with Gasteiger partial charge in [0.1, 0.15) is 22.4 Å². The number of carbonyl (C=O) groups excluding carboxylic acids is 2. The summed E-state index contributed by atoms with van der Waals surface area (Å²) in [4.78, 5) is 26.5. The molecular formula is C22H21BrN2O4S. The van der Waals surface area contributed by atoms with Crippen molar-refractivity contribution in [2.45, 2.75) is 32.6 Å². The lowest BCUT2D eigenvalue weighted by Gasteiger charge is -2.12. The van der Waals surface area contributed by atoms with Crippen LogP contribution in [0.4, 0.5) is 5.00 Å². The van der Waals surface area contributed by atoms with E-state index >= 15 is 0 Å². The van der Waals surface area contributed by atoms with E-state index < -0.39 is 11.9 Å². The van der Waals surface area contributed by atoms with E-state index in [1.54, 1.807) is 19.1 Å². The zero-order valence-electron chi connectivity index (χ0n) is 16.7. The molecule has 0 spiro atoms. The van der Waals surface area contributed by atoms with Crippen LogP contribution in [-0.2, 0) is 22.4 Å². The number of nitriles is 1. The van der Waals surface area contributed by atoms with Crippen molar-refractivity contribution in [3.05, 3.63) is 49.8 Å². The van der Waals surface area contributed by atoms with Crippen LogP contribution in [0.1, 0.15) is 46.1 Å². The van der Waals surface area contributed by atoms with Crippen molar-refractivity contribution in [3.8, 4) is 11.8 Å². The van der Waals surface area contributed by atoms with Gasteiger partial charge >= 0.3 is 5.97 Å². The molecule has 2 aromatic rings. The quantitative estimate of drug-likeness (QED) is 0.346. The van der Waals surface area contributed by atoms with Gasteiger partial charge in [0.2, 0.25) is 0 Å². The fourth-order valence-corrected chi connectivity index (χ4v) is 5.02. The number of aryl methyl sites for hydroxylation is 1. The first kappa shape index (κ1) is 22.1. The van der Waals surface area contributed by atoms with Gasteiger partial charge in [-0.2, -0.15) is 5.26 Å². The number of amides is 1. The van der Waals surface area contributed by atoms with Gasteiger partial charge in [0, 0.05) is 14.9 Å². The summed E-state index contributed by atoms with van der Waals surface area (Å²) in [6.07, 6.45) is 5.17. The Labute approximate surface area is 187 Å². The Balaban J connectivity index is 1.95. The van der Waals surface area contributed by atoms with Crippen molar-refractivity contribution in [1.82, 2.24) is 0 Å². The number of esters is 1. The maximum atomic E-state index is 12.9. The van der Waals surface area contributed by atoms with Crippen molar-refractivity contribution in [2.24, 2.45) is 0 Å². The first-order valence-electron chi connectivity index (χ1n) is 9.56. The Hall–Kier alpha value is -2.63. The Morgan fingerprint density at radius 2 is 2.10 bits per heavy atom. The number of hydrogen-bond donors (Lipinski definition) is 1. The summed E-state index contributed by atoms with van der Waals surface area (Å²) in [5.74, 6) is -0.482. The van der Waals surface area contributed by atoms with Crippen molar-refractivity contribution in [1.29, 1.82) is 5.26 Å². The molecule has 0 bridgehead atoms. The van der Waals surface area contributed by atoms with Gasteiger partial charge in [-0.15, -0.1) is 11.3 Å². The van der Waals surface area contributed by atoms with Gasteiger partial charge in [0.15, 0.2) is 0 Å². The monoisotopic (exact) mass is 488 g/mol. The van der Waals surface area contributed by atoms with Gasteiger partial charge in [-0.3, -0.25) is 4.79 Å². The highest BCUT2D eigenvalue weighted by Gasteiger charge is 2.27. The molecule has 1 aromatic heterocycles. The highest BCUT2D eigenvalue weighted by atomic mass is 79.9. The SMILES string of the molecule is CCOC(=O)c1c(NC(=O)/C(C#N)=C/c2cc(Br)ccc2OC)sc2c1CCCC2. The number of carbonyl (C=O) groups is 2. The standard InChI is InChI=1S/C22H21BrN2O4S/c1-3-29-22(27)19-16-6-4-5-7-18(16)30-21(19)25-20(26)14(12-24)10-13-11-15(23)8-9-17(13)28-2/h8-11H,3-7H2,1-2H3,(H,25,26)/b14-10+. The second-order valence-electron chi connectivity index (χ2n) is 6.65. The lowest BCUT2D eigenvalue weighted by molar-refractivity contribution is -0.112. The molecular weight excluding hydrogens is 468 g/mol. The zero-order chi connectivity index (χ0) is 21.7. The van der Waals surface area contributed by atoms with E-state index in [9.17, 15) is 14.9 Å². The molecule has 30 heavy (non-hydrogen) atoms. The molecule has 3 rings (SSSR count). The Morgan fingerprint density at radius 1 is 1.33 bits per heavy atom. The van der Waals surface area contributed by atoms with E-state index in [-0.39, 0.29) is 12.2 Å². The lowest BCUT2D eigenvalue weighted by atomic mass is 9.95. The normalized spacial score (nSPS) is 13.2. The predicted octanol–water partition coefficient (Wildman–Crippen LogP) is 5.12. The number of hydrogen-bond acceptors (Lipinski definition) is 6. The van der Waals surface area contributed by atoms with Crippen LogP contribution in [0, 0.1) is 11.3 Å². The number of thiophene rings is 1. The molecule has 6 nitrogen and oxygen atoms in total. The van der Waals surface area contributed by atoms with E-state index in [4.69, 9.17) is 9.47 Å². The number of halogens is 1. The first-order chi connectivity index (χ1) is 14.5. The third kappa shape index (κ3) is 4.74. The van der Waals surface area contributed by atoms with E-state index in [0.29, 0.717) is 21.9 Å². The molecule has 1 aliphatic rings. The van der Waals surface area contributed by atoms with Crippen molar-refractivity contribution in [2.75, 3.05) is 19.0 Å². The molecule has 0 fully saturated rings. The Morgan fingerprint density at radius 3 is 2.80 bits per heavy atom. The Bertz CT molecular complexity index is 1050. The van der Waals surface area contributed by atoms with Crippen LogP contribution >= 0.6 is 27.3 Å². The summed E-state index contributed by atoms with van der Waals surface area (Å²) in [7, 11) is 1.52. The highest BCUT2D eigenvalue weighted by Crippen LogP contribution is 2.39. The van der Waals surface area contributed by atoms with Gasteiger partial charge in [0.25, 0.3) is 5.91 Å². The van der Waals surface area contributed by atoms with Crippen molar-refractivity contribution in [3.63, 3.8) is 0 Å². The average molecular weight is 489 g/mol. The number of benzene rings is 1. The summed E-state index contributed by atoms with van der Waals surface area (Å²) in [5.41, 5.74) is 1.88. The van der Waals surface area contributed by atoms with Gasteiger partial charge in [-0.05, 0) is 62.4 Å². The minimum absolute atomic E-state index is 0.0902. The number of fused-ring (bicyclic) bond motifs is 1. The molecule has 1 aromatic carbocycles. The largest absolute Gasteiger partial charge is 0.496 e. The van der Waals surface area contributed by atoms with Gasteiger partial charge in [-0.1, -0.05) is 15.9 Å². The molecule has 0 aliphatic heterocycles. The van der Waals surface area contributed by atoms with Gasteiger partial charge in [0.05, 0.1) is 19.3 Å². The number of nitrogens with one attached hydrogen (secondary N) is 1. The molecule has 0 unspecified atom stereocenters. The minimum Gasteiger partial charge on any atom is -0.496 e. The van der Waals surface area contributed by atoms with Crippen molar-refractivity contribution >= 4 is 50.2 Å². The summed E-state index contributed by atoms with van der Waals surface area (Å²) in [6, 6.07) is 7.26. The number of nitrogens with zero attached hydrogens (tertiary/aromatic N) is 1. The molecule has 156 valence electrons. The fourth-order valence-electron chi connectivity index (χ4n) is 3.37. The maximum Gasteiger partial charge on any atom is 0.341 e. The zero-order valence-corrected chi connectivity index (χ0v) is 19.1. The van der Waals surface area contributed by atoms with E-state index in [1.807, 2.05) is 12.1 Å². The maximum absolute atomic E-state index is 12.9. The van der Waals surface area contributed by atoms with Crippen LogP contribution in [0.2, 0.25) is 0 Å². The molecule has 0 saturated carbocycles. The summed E-state index contributed by atoms with van der Waals surface area (Å²) < 4.78 is 11.3. The molecule has 1 amide bonds. The smallest absolute Gasteiger partial charge is 0.341 e. The van der Waals surface area contributed by atoms with Crippen LogP contribution < -0.4 is 10.1 Å². The predicted molar refractivity (Wildman–Crippen MR) is 120 cm³/mol. The van der Waals surface area contributed by atoms with Crippen LogP contribution in [0.3, 0.4) is 0 Å². The highest BCUT2D eigenvalue weighted by molar-refractivity contribution is 9.10. The van der Waals surface area contributed by atoms with E-state index in [2.05, 4.69) is 21.2 Å². The third-order valence-corrected chi connectivity index (χ3v) is 6.44. The fraction of sp³-hybridized carbons (Fsp3) is 0.318. The number of ether oxygens (including phenoxy) is 2. The molecule has 1 aliphatic carbocycles. The number of anilines is 1. The van der Waals surface area contributed by atoms with Gasteiger partial charge < -0.3 is 14.8 Å². The number of rotatable bonds is 6. The van der Waals surface area contributed by atoms with Crippen molar-refractivity contribution < 1.29 is 19.1 Å². The molecule has 1 N–H and O–H groups in total. The topological polar surface area (TPSA) is 88.4 Å². The second-order valence-corrected chi connectivity index (χ2v) is 8.67. The van der Waals surface area contributed by atoms with Gasteiger partial charge in [-0.25, -0.2) is 4.79 Å². The molecule has 0 radical (unpaired) electrons. The van der Waals surface area contributed by atoms with E-state index in [1.165, 1.54) is 24.5 Å². The third-order valence-electron chi connectivity index (χ3n) is 4.73. The van der Waals surface area contributed by atoms with Crippen LogP contribution in [0.15, 0.2) is 28.2 Å². The van der Waals surface area contributed by atoms with Crippen LogP contribution in [0.25, 0.3) is 6.08 Å². The van der Waals surface area contributed by atoms with E-state index in [0.717, 1.165) is 40.6 Å². The summed E-state index contributed by atoms with van der Waals surface area (Å²) in [6.45, 7) is 2.00. The minimum atomic E-state index is -0.580. The molecule has 0 saturated heterocycles. The average Bonchev–Trinajstić information content (AvgIpc) is 3.10. The first-order valence-corrected chi connectivity index (χ1v) is 11.2. The number of methoxy groups -OCH3 is 1. The van der Waals surface area contributed by atoms with Crippen LogP contribution in [0.5, 0.6) is 5.75 Å². The summed E-state index contributed by atoms with van der Waals surface area (Å²) in [5, 5.41) is 12.8. The molecule has 0 atom stereocenters. The van der Waals surface area contributed by atoms with Crippen LogP contribution in [-0.4, -0.2) is 25.6 Å². The molecule has 1 heterocycles. The second kappa shape index (κ2) is 9.92. The molecule has 8 heteroatoms. The summed E-state index contributed by atoms with van der Waals surface area (Å²) >= 11 is 4.77. The Kier molecular flexibility index (Phi) is 7.29.